The van der Waals surface area contributed by atoms with E-state index in [9.17, 15) is 0 Å². The van der Waals surface area contributed by atoms with Gasteiger partial charge in [-0.15, -0.1) is 0 Å². The van der Waals surface area contributed by atoms with E-state index in [2.05, 4.69) is 57.3 Å². The van der Waals surface area contributed by atoms with Gasteiger partial charge < -0.3 is 5.32 Å². The van der Waals surface area contributed by atoms with Gasteiger partial charge in [0.25, 0.3) is 0 Å². The molecule has 1 nitrogen and oxygen atoms in total. The molecule has 0 aliphatic heterocycles. The highest BCUT2D eigenvalue weighted by Gasteiger charge is 2.13. The molecule has 0 bridgehead atoms. The van der Waals surface area contributed by atoms with Crippen LogP contribution in [0.15, 0.2) is 24.3 Å². The zero-order chi connectivity index (χ0) is 14.1. The molecule has 2 unspecified atom stereocenters. The molecule has 108 valence electrons. The largest absolute Gasteiger partial charge is 0.314 e. The van der Waals surface area contributed by atoms with Crippen molar-refractivity contribution in [2.45, 2.75) is 65.8 Å². The molecule has 0 saturated heterocycles. The lowest BCUT2D eigenvalue weighted by Crippen LogP contribution is -2.33. The first-order valence-electron chi connectivity index (χ1n) is 7.95. The third-order valence-corrected chi connectivity index (χ3v) is 3.88. The maximum absolute atomic E-state index is 3.73. The number of hydrogen-bond donors (Lipinski definition) is 1. The highest BCUT2D eigenvalue weighted by Crippen LogP contribution is 2.17. The van der Waals surface area contributed by atoms with E-state index in [4.69, 9.17) is 0 Å². The molecule has 1 aromatic carbocycles. The summed E-state index contributed by atoms with van der Waals surface area (Å²) in [5, 5.41) is 3.73. The smallest absolute Gasteiger partial charge is 0.0110 e. The topological polar surface area (TPSA) is 12.0 Å². The number of aryl methyl sites for hydroxylation is 1. The van der Waals surface area contributed by atoms with Crippen molar-refractivity contribution in [3.63, 3.8) is 0 Å². The predicted molar refractivity (Wildman–Crippen MR) is 85.7 cm³/mol. The van der Waals surface area contributed by atoms with Crippen LogP contribution in [0.4, 0.5) is 0 Å². The Labute approximate surface area is 119 Å². The number of nitrogens with one attached hydrogen (secondary N) is 1. The summed E-state index contributed by atoms with van der Waals surface area (Å²) in [4.78, 5) is 0. The predicted octanol–water partition coefficient (Wildman–Crippen LogP) is 4.73. The van der Waals surface area contributed by atoms with Crippen molar-refractivity contribution in [2.75, 3.05) is 6.54 Å². The summed E-state index contributed by atoms with van der Waals surface area (Å²) in [5.41, 5.74) is 2.92. The molecule has 0 radical (unpaired) electrons. The third-order valence-electron chi connectivity index (χ3n) is 3.88. The van der Waals surface area contributed by atoms with Gasteiger partial charge in [0.15, 0.2) is 0 Å². The fourth-order valence-electron chi connectivity index (χ4n) is 2.79. The van der Waals surface area contributed by atoms with Gasteiger partial charge in [0, 0.05) is 6.04 Å². The van der Waals surface area contributed by atoms with Crippen LogP contribution in [-0.2, 0) is 6.42 Å². The zero-order valence-electron chi connectivity index (χ0n) is 13.2. The minimum absolute atomic E-state index is 0.627. The van der Waals surface area contributed by atoms with E-state index >= 15 is 0 Å². The molecule has 1 aromatic rings. The van der Waals surface area contributed by atoms with Crippen LogP contribution in [0.3, 0.4) is 0 Å². The van der Waals surface area contributed by atoms with E-state index in [0.29, 0.717) is 6.04 Å². The summed E-state index contributed by atoms with van der Waals surface area (Å²) in [6.45, 7) is 10.3. The van der Waals surface area contributed by atoms with Crippen LogP contribution in [0, 0.1) is 12.8 Å². The Morgan fingerprint density at radius 1 is 1.11 bits per heavy atom. The van der Waals surface area contributed by atoms with E-state index in [1.54, 1.807) is 0 Å². The van der Waals surface area contributed by atoms with Crippen LogP contribution in [0.1, 0.15) is 57.6 Å². The minimum atomic E-state index is 0.627. The van der Waals surface area contributed by atoms with Crippen molar-refractivity contribution in [1.82, 2.24) is 5.32 Å². The fraction of sp³-hybridized carbons (Fsp3) is 0.667. The number of benzene rings is 1. The summed E-state index contributed by atoms with van der Waals surface area (Å²) in [5.74, 6) is 0.823. The Bertz CT molecular complexity index is 345. The molecule has 1 heteroatoms. The molecule has 0 aromatic heterocycles. The summed E-state index contributed by atoms with van der Waals surface area (Å²) in [7, 11) is 0. The van der Waals surface area contributed by atoms with Gasteiger partial charge in [0.2, 0.25) is 0 Å². The average molecular weight is 261 g/mol. The Balaban J connectivity index is 2.60. The first-order chi connectivity index (χ1) is 9.17. The van der Waals surface area contributed by atoms with Crippen molar-refractivity contribution >= 4 is 0 Å². The van der Waals surface area contributed by atoms with Gasteiger partial charge in [-0.1, -0.05) is 57.9 Å². The highest BCUT2D eigenvalue weighted by molar-refractivity contribution is 5.26. The van der Waals surface area contributed by atoms with Crippen LogP contribution >= 0.6 is 0 Å². The summed E-state index contributed by atoms with van der Waals surface area (Å²) < 4.78 is 0. The maximum atomic E-state index is 3.73. The van der Waals surface area contributed by atoms with E-state index in [1.807, 2.05) is 0 Å². The van der Waals surface area contributed by atoms with E-state index in [-0.39, 0.29) is 0 Å². The molecule has 0 amide bonds. The standard InChI is InChI=1S/C18H31N/c1-5-9-15(3)13-18(19-12-6-2)14-17-11-8-7-10-16(17)4/h7-8,10-11,15,18-19H,5-6,9,12-14H2,1-4H3. The lowest BCUT2D eigenvalue weighted by molar-refractivity contribution is 0.380. The molecule has 0 fully saturated rings. The Morgan fingerprint density at radius 2 is 1.84 bits per heavy atom. The highest BCUT2D eigenvalue weighted by atomic mass is 14.9. The number of hydrogen-bond acceptors (Lipinski definition) is 1. The SMILES string of the molecule is CCCNC(Cc1ccccc1C)CC(C)CCC. The maximum Gasteiger partial charge on any atom is 0.0110 e. The summed E-state index contributed by atoms with van der Waals surface area (Å²) in [6.07, 6.45) is 6.32. The lowest BCUT2D eigenvalue weighted by Gasteiger charge is -2.23. The Hall–Kier alpha value is -0.820. The van der Waals surface area contributed by atoms with Crippen molar-refractivity contribution in [2.24, 2.45) is 5.92 Å². The molecule has 0 aliphatic rings. The molecular formula is C18H31N. The van der Waals surface area contributed by atoms with Gasteiger partial charge in [-0.25, -0.2) is 0 Å². The lowest BCUT2D eigenvalue weighted by atomic mass is 9.92. The first-order valence-corrected chi connectivity index (χ1v) is 7.95. The van der Waals surface area contributed by atoms with Crippen molar-refractivity contribution in [3.8, 4) is 0 Å². The van der Waals surface area contributed by atoms with Crippen LogP contribution in [0.2, 0.25) is 0 Å². The van der Waals surface area contributed by atoms with Crippen molar-refractivity contribution in [3.05, 3.63) is 35.4 Å². The van der Waals surface area contributed by atoms with Crippen LogP contribution in [0.5, 0.6) is 0 Å². The monoisotopic (exact) mass is 261 g/mol. The van der Waals surface area contributed by atoms with Crippen LogP contribution in [0.25, 0.3) is 0 Å². The normalized spacial score (nSPS) is 14.3. The van der Waals surface area contributed by atoms with Gasteiger partial charge in [-0.2, -0.15) is 0 Å². The van der Waals surface area contributed by atoms with Gasteiger partial charge in [-0.05, 0) is 49.8 Å². The summed E-state index contributed by atoms with van der Waals surface area (Å²) >= 11 is 0. The average Bonchev–Trinajstić information content (AvgIpc) is 2.39. The molecule has 0 aliphatic carbocycles. The third kappa shape index (κ3) is 6.24. The second-order valence-corrected chi connectivity index (χ2v) is 5.91. The van der Waals surface area contributed by atoms with Gasteiger partial charge in [-0.3, -0.25) is 0 Å². The first kappa shape index (κ1) is 16.2. The van der Waals surface area contributed by atoms with E-state index < -0.39 is 0 Å². The van der Waals surface area contributed by atoms with Gasteiger partial charge in [0.05, 0.1) is 0 Å². The van der Waals surface area contributed by atoms with Crippen molar-refractivity contribution in [1.29, 1.82) is 0 Å². The molecule has 0 heterocycles. The van der Waals surface area contributed by atoms with Gasteiger partial charge in [0.1, 0.15) is 0 Å². The summed E-state index contributed by atoms with van der Waals surface area (Å²) in [6, 6.07) is 9.42. The molecule has 0 spiro atoms. The van der Waals surface area contributed by atoms with Gasteiger partial charge >= 0.3 is 0 Å². The quantitative estimate of drug-likeness (QED) is 0.677. The molecule has 2 atom stereocenters. The van der Waals surface area contributed by atoms with Crippen LogP contribution in [-0.4, -0.2) is 12.6 Å². The molecule has 1 N–H and O–H groups in total. The van der Waals surface area contributed by atoms with Crippen LogP contribution < -0.4 is 5.32 Å². The van der Waals surface area contributed by atoms with E-state index in [0.717, 1.165) is 12.5 Å². The van der Waals surface area contributed by atoms with E-state index in [1.165, 1.54) is 43.2 Å². The molecule has 1 rings (SSSR count). The molecule has 0 saturated carbocycles. The second-order valence-electron chi connectivity index (χ2n) is 5.91. The Kier molecular flexibility index (Phi) is 7.81. The zero-order valence-corrected chi connectivity index (χ0v) is 13.2. The van der Waals surface area contributed by atoms with Crippen molar-refractivity contribution < 1.29 is 0 Å². The number of rotatable bonds is 9. The molecular weight excluding hydrogens is 230 g/mol. The Morgan fingerprint density at radius 3 is 2.47 bits per heavy atom. The fourth-order valence-corrected chi connectivity index (χ4v) is 2.79. The second kappa shape index (κ2) is 9.14. The minimum Gasteiger partial charge on any atom is -0.314 e. The molecule has 19 heavy (non-hydrogen) atoms.